The van der Waals surface area contributed by atoms with Crippen LogP contribution >= 0.6 is 0 Å². The fourth-order valence-corrected chi connectivity index (χ4v) is 2.60. The molecule has 0 aliphatic heterocycles. The molecule has 0 atom stereocenters. The Morgan fingerprint density at radius 1 is 0.952 bits per heavy atom. The molecule has 3 heteroatoms. The van der Waals surface area contributed by atoms with E-state index in [1.165, 1.54) is 17.7 Å². The van der Waals surface area contributed by atoms with E-state index in [2.05, 4.69) is 36.3 Å². The standard InChI is InChI=1S/C18H17FN2/c1-11-8-12(2)18-16(9-11)17(10-13(3)20-18)21-15-6-4-14(19)5-7-15/h4-10H,1-3H3,(H,20,21). The van der Waals surface area contributed by atoms with Crippen LogP contribution in [0.25, 0.3) is 10.9 Å². The number of aryl methyl sites for hydroxylation is 3. The highest BCUT2D eigenvalue weighted by Crippen LogP contribution is 2.29. The Balaban J connectivity index is 2.15. The molecule has 0 aliphatic rings. The van der Waals surface area contributed by atoms with Crippen LogP contribution in [-0.4, -0.2) is 4.98 Å². The second-order valence-corrected chi connectivity index (χ2v) is 5.42. The number of aromatic nitrogens is 1. The lowest BCUT2D eigenvalue weighted by molar-refractivity contribution is 0.628. The number of nitrogens with one attached hydrogen (secondary N) is 1. The number of fused-ring (bicyclic) bond motifs is 1. The van der Waals surface area contributed by atoms with Gasteiger partial charge in [0.05, 0.1) is 5.52 Å². The van der Waals surface area contributed by atoms with Gasteiger partial charge in [-0.15, -0.1) is 0 Å². The third kappa shape index (κ3) is 2.72. The monoisotopic (exact) mass is 280 g/mol. The van der Waals surface area contributed by atoms with Gasteiger partial charge in [0.1, 0.15) is 5.82 Å². The molecular weight excluding hydrogens is 263 g/mol. The number of anilines is 2. The van der Waals surface area contributed by atoms with E-state index >= 15 is 0 Å². The number of nitrogens with zero attached hydrogens (tertiary/aromatic N) is 1. The summed E-state index contributed by atoms with van der Waals surface area (Å²) in [7, 11) is 0. The van der Waals surface area contributed by atoms with E-state index in [4.69, 9.17) is 0 Å². The Hall–Kier alpha value is -2.42. The largest absolute Gasteiger partial charge is 0.355 e. The first-order chi connectivity index (χ1) is 10.0. The second kappa shape index (κ2) is 5.17. The van der Waals surface area contributed by atoms with Gasteiger partial charge in [-0.3, -0.25) is 4.98 Å². The Labute approximate surface area is 123 Å². The van der Waals surface area contributed by atoms with Crippen molar-refractivity contribution in [3.8, 4) is 0 Å². The molecule has 0 bridgehead atoms. The minimum absolute atomic E-state index is 0.233. The maximum atomic E-state index is 13.0. The molecule has 0 saturated heterocycles. The average Bonchev–Trinajstić information content (AvgIpc) is 2.43. The number of rotatable bonds is 2. The molecule has 1 aromatic heterocycles. The van der Waals surface area contributed by atoms with Gasteiger partial charge in [-0.25, -0.2) is 4.39 Å². The van der Waals surface area contributed by atoms with Crippen LogP contribution in [0.15, 0.2) is 42.5 Å². The third-order valence-corrected chi connectivity index (χ3v) is 3.50. The van der Waals surface area contributed by atoms with Crippen LogP contribution in [0, 0.1) is 26.6 Å². The molecule has 3 rings (SSSR count). The molecule has 0 fully saturated rings. The SMILES string of the molecule is Cc1cc(C)c2nc(C)cc(Nc3ccc(F)cc3)c2c1. The van der Waals surface area contributed by atoms with Crippen molar-refractivity contribution < 1.29 is 4.39 Å². The van der Waals surface area contributed by atoms with Gasteiger partial charge < -0.3 is 5.32 Å². The summed E-state index contributed by atoms with van der Waals surface area (Å²) in [4.78, 5) is 4.63. The van der Waals surface area contributed by atoms with E-state index < -0.39 is 0 Å². The first-order valence-electron chi connectivity index (χ1n) is 6.94. The van der Waals surface area contributed by atoms with Crippen LogP contribution in [0.1, 0.15) is 16.8 Å². The van der Waals surface area contributed by atoms with Gasteiger partial charge in [-0.1, -0.05) is 11.6 Å². The second-order valence-electron chi connectivity index (χ2n) is 5.42. The molecule has 106 valence electrons. The predicted octanol–water partition coefficient (Wildman–Crippen LogP) is 5.04. The molecule has 0 saturated carbocycles. The van der Waals surface area contributed by atoms with Crippen molar-refractivity contribution in [3.63, 3.8) is 0 Å². The minimum atomic E-state index is -0.233. The Morgan fingerprint density at radius 2 is 1.67 bits per heavy atom. The van der Waals surface area contributed by atoms with Crippen LogP contribution in [0.5, 0.6) is 0 Å². The van der Waals surface area contributed by atoms with Gasteiger partial charge in [0, 0.05) is 22.5 Å². The zero-order chi connectivity index (χ0) is 15.0. The van der Waals surface area contributed by atoms with Gasteiger partial charge in [0.2, 0.25) is 0 Å². The van der Waals surface area contributed by atoms with Crippen LogP contribution in [0.4, 0.5) is 15.8 Å². The maximum Gasteiger partial charge on any atom is 0.123 e. The molecule has 0 aliphatic carbocycles. The molecule has 1 N–H and O–H groups in total. The zero-order valence-electron chi connectivity index (χ0n) is 12.4. The van der Waals surface area contributed by atoms with Gasteiger partial charge in [-0.05, 0) is 62.7 Å². The van der Waals surface area contributed by atoms with Crippen molar-refractivity contribution in [1.29, 1.82) is 0 Å². The highest BCUT2D eigenvalue weighted by atomic mass is 19.1. The molecule has 0 radical (unpaired) electrons. The maximum absolute atomic E-state index is 13.0. The van der Waals surface area contributed by atoms with Gasteiger partial charge in [-0.2, -0.15) is 0 Å². The molecule has 0 amide bonds. The van der Waals surface area contributed by atoms with Crippen molar-refractivity contribution in [2.24, 2.45) is 0 Å². The van der Waals surface area contributed by atoms with Crippen LogP contribution in [0.2, 0.25) is 0 Å². The summed E-state index contributed by atoms with van der Waals surface area (Å²) in [6.45, 7) is 6.13. The summed E-state index contributed by atoms with van der Waals surface area (Å²) in [5, 5.41) is 4.45. The number of hydrogen-bond acceptors (Lipinski definition) is 2. The Morgan fingerprint density at radius 3 is 2.38 bits per heavy atom. The Bertz CT molecular complexity index is 808. The van der Waals surface area contributed by atoms with Gasteiger partial charge in [0.15, 0.2) is 0 Å². The van der Waals surface area contributed by atoms with Crippen molar-refractivity contribution in [2.75, 3.05) is 5.32 Å². The summed E-state index contributed by atoms with van der Waals surface area (Å²) < 4.78 is 13.0. The van der Waals surface area contributed by atoms with Gasteiger partial charge >= 0.3 is 0 Å². The quantitative estimate of drug-likeness (QED) is 0.711. The first-order valence-corrected chi connectivity index (χ1v) is 6.94. The Kier molecular flexibility index (Phi) is 3.34. The molecular formula is C18H17FN2. The van der Waals surface area contributed by atoms with E-state index in [0.717, 1.165) is 33.5 Å². The topological polar surface area (TPSA) is 24.9 Å². The van der Waals surface area contributed by atoms with Crippen LogP contribution in [-0.2, 0) is 0 Å². The molecule has 2 aromatic carbocycles. The van der Waals surface area contributed by atoms with Crippen molar-refractivity contribution in [2.45, 2.75) is 20.8 Å². The number of hydrogen-bond donors (Lipinski definition) is 1. The summed E-state index contributed by atoms with van der Waals surface area (Å²) in [6, 6.07) is 12.7. The average molecular weight is 280 g/mol. The summed E-state index contributed by atoms with van der Waals surface area (Å²) in [6.07, 6.45) is 0. The van der Waals surface area contributed by atoms with E-state index in [-0.39, 0.29) is 5.82 Å². The van der Waals surface area contributed by atoms with Crippen molar-refractivity contribution in [3.05, 3.63) is 65.1 Å². The molecule has 0 unspecified atom stereocenters. The van der Waals surface area contributed by atoms with E-state index in [1.807, 2.05) is 13.0 Å². The summed E-state index contributed by atoms with van der Waals surface area (Å²) >= 11 is 0. The highest BCUT2D eigenvalue weighted by molar-refractivity contribution is 5.95. The van der Waals surface area contributed by atoms with Crippen LogP contribution < -0.4 is 5.32 Å². The van der Waals surface area contributed by atoms with E-state index in [9.17, 15) is 4.39 Å². The van der Waals surface area contributed by atoms with E-state index in [0.29, 0.717) is 0 Å². The number of benzene rings is 2. The lowest BCUT2D eigenvalue weighted by atomic mass is 10.0. The summed E-state index contributed by atoms with van der Waals surface area (Å²) in [5.41, 5.74) is 6.19. The lowest BCUT2D eigenvalue weighted by Gasteiger charge is -2.13. The summed E-state index contributed by atoms with van der Waals surface area (Å²) in [5.74, 6) is -0.233. The minimum Gasteiger partial charge on any atom is -0.355 e. The fraction of sp³-hybridized carbons (Fsp3) is 0.167. The number of pyridine rings is 1. The highest BCUT2D eigenvalue weighted by Gasteiger charge is 2.08. The zero-order valence-corrected chi connectivity index (χ0v) is 12.4. The molecule has 0 spiro atoms. The third-order valence-electron chi connectivity index (χ3n) is 3.50. The molecule has 21 heavy (non-hydrogen) atoms. The van der Waals surface area contributed by atoms with Crippen molar-refractivity contribution >= 4 is 22.3 Å². The molecule has 1 heterocycles. The normalized spacial score (nSPS) is 10.9. The van der Waals surface area contributed by atoms with Gasteiger partial charge in [0.25, 0.3) is 0 Å². The molecule has 2 nitrogen and oxygen atoms in total. The van der Waals surface area contributed by atoms with Crippen LogP contribution in [0.3, 0.4) is 0 Å². The first kappa shape index (κ1) is 13.6. The molecule has 3 aromatic rings. The smallest absolute Gasteiger partial charge is 0.123 e. The van der Waals surface area contributed by atoms with Crippen molar-refractivity contribution in [1.82, 2.24) is 4.98 Å². The predicted molar refractivity (Wildman–Crippen MR) is 85.6 cm³/mol. The number of halogens is 1. The lowest BCUT2D eigenvalue weighted by Crippen LogP contribution is -1.96. The fourth-order valence-electron chi connectivity index (χ4n) is 2.60. The van der Waals surface area contributed by atoms with E-state index in [1.54, 1.807) is 12.1 Å².